The second-order valence-electron chi connectivity index (χ2n) is 12.6. The summed E-state index contributed by atoms with van der Waals surface area (Å²) in [4.78, 5) is 114. The molecule has 0 radical (unpaired) electrons. The highest BCUT2D eigenvalue weighted by molar-refractivity contribution is 7.98. The molecule has 1 unspecified atom stereocenters. The van der Waals surface area contributed by atoms with Crippen molar-refractivity contribution in [3.8, 4) is 0 Å². The van der Waals surface area contributed by atoms with Gasteiger partial charge in [-0.2, -0.15) is 11.8 Å². The molecule has 0 bridgehead atoms. The molecular formula is C35H61N7O18S. The van der Waals surface area contributed by atoms with Gasteiger partial charge in [0, 0.05) is 45.9 Å². The maximum absolute atomic E-state index is 13.6. The second-order valence-corrected chi connectivity index (χ2v) is 13.5. The fourth-order valence-electron chi connectivity index (χ4n) is 4.60. The molecule has 0 saturated heterocycles. The number of likely N-dealkylation sites (N-methyl/N-ethyl adjacent to an activating group) is 1. The number of nitrogens with one attached hydrogen (secondary N) is 7. The maximum atomic E-state index is 13.6. The first-order chi connectivity index (χ1) is 29.1. The van der Waals surface area contributed by atoms with Gasteiger partial charge in [-0.15, -0.1) is 0 Å². The molecule has 61 heavy (non-hydrogen) atoms. The van der Waals surface area contributed by atoms with Crippen LogP contribution in [0.5, 0.6) is 0 Å². The van der Waals surface area contributed by atoms with E-state index >= 15 is 0 Å². The largest absolute Gasteiger partial charge is 0.481 e. The average Bonchev–Trinajstić information content (AvgIpc) is 3.20. The Morgan fingerprint density at radius 3 is 1.21 bits per heavy atom. The molecule has 0 heterocycles. The molecule has 5 atom stereocenters. The topological polar surface area (TPSA) is 354 Å². The Hall–Kier alpha value is -4.70. The Balaban J connectivity index is 6.04. The zero-order valence-electron chi connectivity index (χ0n) is 34.8. The van der Waals surface area contributed by atoms with Gasteiger partial charge in [0.15, 0.2) is 0 Å². The first-order valence-electron chi connectivity index (χ1n) is 19.0. The van der Waals surface area contributed by atoms with E-state index in [2.05, 4.69) is 37.2 Å². The number of carbonyl (C=O) groups excluding carboxylic acids is 6. The Labute approximate surface area is 357 Å². The van der Waals surface area contributed by atoms with Crippen molar-refractivity contribution < 1.29 is 86.9 Å². The lowest BCUT2D eigenvalue weighted by atomic mass is 10.1. The molecular weight excluding hydrogens is 838 g/mol. The number of hydrogen-bond acceptors (Lipinski definition) is 17. The summed E-state index contributed by atoms with van der Waals surface area (Å²) in [5.41, 5.74) is 0. The van der Waals surface area contributed by atoms with Gasteiger partial charge in [0.2, 0.25) is 35.4 Å². The summed E-state index contributed by atoms with van der Waals surface area (Å²) in [6.45, 7) is 0.925. The summed E-state index contributed by atoms with van der Waals surface area (Å²) in [6.07, 6.45) is -0.591. The van der Waals surface area contributed by atoms with Crippen LogP contribution in [0.1, 0.15) is 25.7 Å². The number of rotatable bonds is 38. The van der Waals surface area contributed by atoms with Crippen LogP contribution in [0, 0.1) is 0 Å². The predicted octanol–water partition coefficient (Wildman–Crippen LogP) is -4.72. The fraction of sp³-hybridized carbons (Fsp3) is 0.743. The third-order valence-electron chi connectivity index (χ3n) is 7.83. The standard InChI is InChI=1S/C35H61N7O18S/c1-36-22(17-29(45)46)31(49)40-24(19-37-27(43)5-7-57-13-15-59-11-9-55-2)33(51)39-23(18-30(47)48)32(50)41-25(34(52)42-26(21-61-4)35(53)54)20-38-28(44)6-8-58-14-16-60-12-10-56-3/h22-26,36H,5-21H2,1-4H3,(H,37,43)(H,38,44)(H,39,51)(H,40,49)(H,41,50)(H,42,52)(H,45,46)(H,47,48)(H,53,54)/t22-,23-,24-,25-,26?/m0/s1. The van der Waals surface area contributed by atoms with Crippen LogP contribution in [-0.2, 0) is 71.6 Å². The number of amides is 6. The number of carbonyl (C=O) groups is 9. The lowest BCUT2D eigenvalue weighted by molar-refractivity contribution is -0.143. The highest BCUT2D eigenvalue weighted by Gasteiger charge is 2.34. The smallest absolute Gasteiger partial charge is 0.327 e. The van der Waals surface area contributed by atoms with Crippen molar-refractivity contribution in [2.45, 2.75) is 55.9 Å². The molecule has 0 aliphatic carbocycles. The molecule has 6 amide bonds. The second kappa shape index (κ2) is 35.0. The van der Waals surface area contributed by atoms with E-state index in [0.717, 1.165) is 11.8 Å². The van der Waals surface area contributed by atoms with E-state index in [1.165, 1.54) is 21.3 Å². The molecule has 0 aromatic heterocycles. The van der Waals surface area contributed by atoms with Crippen molar-refractivity contribution in [3.05, 3.63) is 0 Å². The summed E-state index contributed by atoms with van der Waals surface area (Å²) in [5, 5.41) is 44.7. The van der Waals surface area contributed by atoms with Crippen molar-refractivity contribution >= 4 is 65.1 Å². The predicted molar refractivity (Wildman–Crippen MR) is 213 cm³/mol. The molecule has 0 rings (SSSR count). The van der Waals surface area contributed by atoms with Gasteiger partial charge in [-0.05, 0) is 13.3 Å². The van der Waals surface area contributed by atoms with E-state index in [1.54, 1.807) is 6.26 Å². The number of hydrogen-bond donors (Lipinski definition) is 10. The molecule has 0 aromatic rings. The first-order valence-corrected chi connectivity index (χ1v) is 20.4. The molecule has 0 saturated carbocycles. The molecule has 10 N–H and O–H groups in total. The highest BCUT2D eigenvalue weighted by atomic mass is 32.2. The minimum atomic E-state index is -1.95. The van der Waals surface area contributed by atoms with Gasteiger partial charge in [-0.25, -0.2) is 4.79 Å². The third kappa shape index (κ3) is 28.5. The third-order valence-corrected chi connectivity index (χ3v) is 8.50. The zero-order chi connectivity index (χ0) is 46.0. The van der Waals surface area contributed by atoms with E-state index in [-0.39, 0.29) is 58.2 Å². The molecule has 0 aliphatic rings. The summed E-state index contributed by atoms with van der Waals surface area (Å²) in [7, 11) is 4.31. The van der Waals surface area contributed by atoms with E-state index in [1.807, 2.05) is 0 Å². The summed E-state index contributed by atoms with van der Waals surface area (Å²) < 4.78 is 30.9. The number of thioether (sulfide) groups is 1. The van der Waals surface area contributed by atoms with Crippen LogP contribution >= 0.6 is 11.8 Å². The molecule has 25 nitrogen and oxygen atoms in total. The Morgan fingerprint density at radius 2 is 0.836 bits per heavy atom. The average molecular weight is 900 g/mol. The summed E-state index contributed by atoms with van der Waals surface area (Å²) >= 11 is 1.09. The first kappa shape index (κ1) is 56.3. The van der Waals surface area contributed by atoms with E-state index in [0.29, 0.717) is 26.4 Å². The normalized spacial score (nSPS) is 13.4. The fourth-order valence-corrected chi connectivity index (χ4v) is 5.16. The monoisotopic (exact) mass is 899 g/mol. The number of carboxylic acids is 3. The quantitative estimate of drug-likeness (QED) is 0.0260. The van der Waals surface area contributed by atoms with Crippen LogP contribution < -0.4 is 37.2 Å². The van der Waals surface area contributed by atoms with Crippen molar-refractivity contribution in [2.75, 3.05) is 112 Å². The van der Waals surface area contributed by atoms with Gasteiger partial charge in [-0.1, -0.05) is 0 Å². The lowest BCUT2D eigenvalue weighted by Gasteiger charge is -2.26. The van der Waals surface area contributed by atoms with Gasteiger partial charge in [0.25, 0.3) is 0 Å². The van der Waals surface area contributed by atoms with Gasteiger partial charge < -0.3 is 81.0 Å². The molecule has 350 valence electrons. The number of aliphatic carboxylic acids is 3. The van der Waals surface area contributed by atoms with E-state index in [9.17, 15) is 58.5 Å². The van der Waals surface area contributed by atoms with E-state index in [4.69, 9.17) is 28.4 Å². The van der Waals surface area contributed by atoms with Gasteiger partial charge in [-0.3, -0.25) is 38.4 Å². The summed E-state index contributed by atoms with van der Waals surface area (Å²) in [5.74, 6) is -10.3. The van der Waals surface area contributed by atoms with Gasteiger partial charge in [0.1, 0.15) is 24.2 Å². The summed E-state index contributed by atoms with van der Waals surface area (Å²) in [6, 6.07) is -8.15. The van der Waals surface area contributed by atoms with Crippen LogP contribution in [0.4, 0.5) is 0 Å². The number of methoxy groups -OCH3 is 2. The van der Waals surface area contributed by atoms with Gasteiger partial charge in [0.05, 0.1) is 85.0 Å². The Kier molecular flexibility index (Phi) is 32.3. The molecule has 26 heteroatoms. The van der Waals surface area contributed by atoms with Gasteiger partial charge >= 0.3 is 17.9 Å². The molecule has 0 spiro atoms. The van der Waals surface area contributed by atoms with Crippen LogP contribution in [0.25, 0.3) is 0 Å². The maximum Gasteiger partial charge on any atom is 0.327 e. The van der Waals surface area contributed by atoms with Crippen LogP contribution in [0.2, 0.25) is 0 Å². The molecule has 0 aliphatic heterocycles. The van der Waals surface area contributed by atoms with Crippen molar-refractivity contribution in [3.63, 3.8) is 0 Å². The minimum Gasteiger partial charge on any atom is -0.481 e. The number of ether oxygens (including phenoxy) is 6. The van der Waals surface area contributed by atoms with Crippen molar-refractivity contribution in [1.29, 1.82) is 0 Å². The van der Waals surface area contributed by atoms with E-state index < -0.39 is 109 Å². The van der Waals surface area contributed by atoms with Crippen molar-refractivity contribution in [1.82, 2.24) is 37.2 Å². The Bertz CT molecular complexity index is 1380. The van der Waals surface area contributed by atoms with Crippen molar-refractivity contribution in [2.24, 2.45) is 0 Å². The number of carboxylic acid groups (broad SMARTS) is 3. The SMILES string of the molecule is CN[C@@H](CC(=O)O)C(=O)N[C@@H](CNC(=O)CCOCCOCCOC)C(=O)N[C@@H](CC(=O)O)C(=O)N[C@@H](CNC(=O)CCOCCOCCOC)C(=O)NC(CSC)C(=O)O. The zero-order valence-corrected chi connectivity index (χ0v) is 35.6. The molecule has 0 fully saturated rings. The Morgan fingerprint density at radius 1 is 0.492 bits per heavy atom. The van der Waals surface area contributed by atoms with Crippen LogP contribution in [0.15, 0.2) is 0 Å². The highest BCUT2D eigenvalue weighted by Crippen LogP contribution is 2.02. The van der Waals surface area contributed by atoms with Crippen LogP contribution in [0.3, 0.4) is 0 Å². The minimum absolute atomic E-state index is 0.0490. The lowest BCUT2D eigenvalue weighted by Crippen LogP contribution is -2.62. The molecule has 0 aromatic carbocycles. The van der Waals surface area contributed by atoms with Crippen LogP contribution in [-0.4, -0.2) is 211 Å².